The number of carbonyl (C=O) groups excluding carboxylic acids is 2. The second kappa shape index (κ2) is 18.5. The van der Waals surface area contributed by atoms with Gasteiger partial charge >= 0.3 is 11.9 Å². The molecule has 0 radical (unpaired) electrons. The lowest BCUT2D eigenvalue weighted by atomic mass is 9.67. The molecular weight excluding hydrogens is 624 g/mol. The molecule has 2 aliphatic carbocycles. The van der Waals surface area contributed by atoms with Crippen LogP contribution in [0, 0.1) is 35.5 Å². The maximum absolute atomic E-state index is 13.8. The lowest BCUT2D eigenvalue weighted by molar-refractivity contribution is -0.156. The summed E-state index contributed by atoms with van der Waals surface area (Å²) in [5.41, 5.74) is 3.03. The molecule has 6 heteroatoms. The molecule has 2 aromatic rings. The number of rotatable bonds is 14. The molecule has 0 aliphatic heterocycles. The van der Waals surface area contributed by atoms with Crippen LogP contribution in [0.25, 0.3) is 0 Å². The Labute approximate surface area is 302 Å². The number of aromatic hydroxyl groups is 2. The van der Waals surface area contributed by atoms with E-state index >= 15 is 0 Å². The predicted octanol–water partition coefficient (Wildman–Crippen LogP) is 11.4. The predicted molar refractivity (Wildman–Crippen MR) is 202 cm³/mol. The van der Waals surface area contributed by atoms with Crippen LogP contribution in [0.2, 0.25) is 0 Å². The van der Waals surface area contributed by atoms with E-state index in [1.165, 1.54) is 0 Å². The molecule has 6 atom stereocenters. The number of phenolic OH excluding ortho intramolecular Hbond substituents is 2. The zero-order valence-corrected chi connectivity index (χ0v) is 32.4. The molecule has 0 unspecified atom stereocenters. The number of hydrogen-bond acceptors (Lipinski definition) is 6. The highest BCUT2D eigenvalue weighted by atomic mass is 16.6. The smallest absolute Gasteiger partial charge is 0.423 e. The van der Waals surface area contributed by atoms with E-state index < -0.39 is 11.9 Å². The molecule has 50 heavy (non-hydrogen) atoms. The van der Waals surface area contributed by atoms with E-state index in [1.807, 2.05) is 24.3 Å². The maximum Gasteiger partial charge on any atom is 0.423 e. The van der Waals surface area contributed by atoms with Crippen molar-refractivity contribution in [3.63, 3.8) is 0 Å². The van der Waals surface area contributed by atoms with Gasteiger partial charge in [-0.05, 0) is 134 Å². The Bertz CT molecular complexity index is 1320. The van der Waals surface area contributed by atoms with Gasteiger partial charge in [0.1, 0.15) is 23.0 Å². The molecule has 2 aliphatic rings. The van der Waals surface area contributed by atoms with Crippen LogP contribution in [0.15, 0.2) is 24.3 Å². The van der Waals surface area contributed by atoms with Crippen LogP contribution in [0.5, 0.6) is 23.0 Å². The van der Waals surface area contributed by atoms with E-state index in [2.05, 4.69) is 55.4 Å². The summed E-state index contributed by atoms with van der Waals surface area (Å²) in [5.74, 6) is 0.951. The number of aryl methyl sites for hydroxylation is 2. The number of benzene rings is 2. The zero-order chi connectivity index (χ0) is 36.5. The summed E-state index contributed by atoms with van der Waals surface area (Å²) in [4.78, 5) is 27.5. The van der Waals surface area contributed by atoms with Crippen LogP contribution in [-0.4, -0.2) is 22.2 Å². The Morgan fingerprint density at radius 3 is 1.36 bits per heavy atom. The summed E-state index contributed by atoms with van der Waals surface area (Å²) in [6.07, 6.45) is 13.8. The third-order valence-electron chi connectivity index (χ3n) is 11.9. The van der Waals surface area contributed by atoms with Crippen LogP contribution in [0.1, 0.15) is 167 Å². The highest BCUT2D eigenvalue weighted by molar-refractivity contribution is 6.31. The first kappa shape index (κ1) is 39.8. The van der Waals surface area contributed by atoms with Crippen molar-refractivity contribution in [1.82, 2.24) is 0 Å². The summed E-state index contributed by atoms with van der Waals surface area (Å²) in [7, 11) is 0. The minimum absolute atomic E-state index is 0.00636. The molecular formula is C44H66O6. The molecule has 2 aromatic carbocycles. The van der Waals surface area contributed by atoms with Gasteiger partial charge in [-0.1, -0.05) is 93.9 Å². The number of phenols is 2. The molecule has 0 spiro atoms. The Hall–Kier alpha value is -3.02. The van der Waals surface area contributed by atoms with Crippen molar-refractivity contribution < 1.29 is 29.3 Å². The minimum Gasteiger partial charge on any atom is -0.508 e. The van der Waals surface area contributed by atoms with Crippen LogP contribution < -0.4 is 9.47 Å². The normalized spacial score (nSPS) is 24.0. The van der Waals surface area contributed by atoms with Gasteiger partial charge < -0.3 is 19.7 Å². The second-order valence-electron chi connectivity index (χ2n) is 16.6. The Balaban J connectivity index is 1.70. The molecule has 278 valence electrons. The number of unbranched alkanes of at least 4 members (excludes halogenated alkanes) is 4. The summed E-state index contributed by atoms with van der Waals surface area (Å²) in [6, 6.07) is 7.36. The van der Waals surface area contributed by atoms with E-state index in [9.17, 15) is 19.8 Å². The molecule has 2 saturated carbocycles. The fourth-order valence-corrected chi connectivity index (χ4v) is 9.05. The first-order chi connectivity index (χ1) is 23.8. The quantitative estimate of drug-likeness (QED) is 0.0887. The first-order valence-corrected chi connectivity index (χ1v) is 20.0. The average molecular weight is 691 g/mol. The van der Waals surface area contributed by atoms with E-state index in [0.29, 0.717) is 46.6 Å². The lowest BCUT2D eigenvalue weighted by Gasteiger charge is -2.38. The average Bonchev–Trinajstić information content (AvgIpc) is 3.04. The van der Waals surface area contributed by atoms with Gasteiger partial charge in [-0.3, -0.25) is 0 Å². The van der Waals surface area contributed by atoms with E-state index in [-0.39, 0.29) is 34.8 Å². The third kappa shape index (κ3) is 10.1. The molecule has 0 aromatic heterocycles. The monoisotopic (exact) mass is 690 g/mol. The number of carbonyl (C=O) groups is 2. The van der Waals surface area contributed by atoms with Gasteiger partial charge in [0.15, 0.2) is 0 Å². The van der Waals surface area contributed by atoms with Crippen molar-refractivity contribution in [2.24, 2.45) is 35.5 Å². The van der Waals surface area contributed by atoms with Crippen molar-refractivity contribution in [1.29, 1.82) is 0 Å². The molecule has 0 saturated heterocycles. The highest BCUT2D eigenvalue weighted by Crippen LogP contribution is 2.51. The van der Waals surface area contributed by atoms with Crippen LogP contribution >= 0.6 is 0 Å². The summed E-state index contributed by atoms with van der Waals surface area (Å²) in [5, 5.41) is 23.1. The van der Waals surface area contributed by atoms with Crippen molar-refractivity contribution >= 4 is 11.9 Å². The molecule has 2 N–H and O–H groups in total. The number of esters is 2. The molecule has 0 heterocycles. The second-order valence-corrected chi connectivity index (χ2v) is 16.6. The standard InChI is InChI=1S/C44H66O6/c1-9-11-13-15-31-23-37(45)41(35-21-29(7)17-19-33(35)27(3)4)39(25-31)49-43(47)44(48)50-40-26-32(16-14-12-10-2)24-38(46)42(40)36-22-30(8)18-20-34(36)28(5)6/h23-30,33-36,45-46H,9-22H2,1-8H3/t29-,30-,33-,34-,35+,36+/m0/s1. The molecule has 6 nitrogen and oxygen atoms in total. The Kier molecular flexibility index (Phi) is 14.7. The van der Waals surface area contributed by atoms with Crippen LogP contribution in [-0.2, 0) is 22.4 Å². The summed E-state index contributed by atoms with van der Waals surface area (Å²) in [6.45, 7) is 17.6. The van der Waals surface area contributed by atoms with Gasteiger partial charge in [-0.25, -0.2) is 9.59 Å². The Morgan fingerprint density at radius 1 is 0.640 bits per heavy atom. The molecule has 0 amide bonds. The van der Waals surface area contributed by atoms with Crippen molar-refractivity contribution in [3.8, 4) is 23.0 Å². The van der Waals surface area contributed by atoms with Crippen molar-refractivity contribution in [2.75, 3.05) is 0 Å². The summed E-state index contributed by atoms with van der Waals surface area (Å²) < 4.78 is 12.0. The number of ether oxygens (including phenoxy) is 2. The number of hydrogen-bond donors (Lipinski definition) is 2. The summed E-state index contributed by atoms with van der Waals surface area (Å²) >= 11 is 0. The topological polar surface area (TPSA) is 93.1 Å². The first-order valence-electron chi connectivity index (χ1n) is 20.0. The van der Waals surface area contributed by atoms with Crippen molar-refractivity contribution in [2.45, 2.75) is 157 Å². The van der Waals surface area contributed by atoms with Crippen LogP contribution in [0.3, 0.4) is 0 Å². The Morgan fingerprint density at radius 2 is 1.02 bits per heavy atom. The van der Waals surface area contributed by atoms with E-state index in [1.54, 1.807) is 0 Å². The van der Waals surface area contributed by atoms with Gasteiger partial charge in [0, 0.05) is 11.1 Å². The van der Waals surface area contributed by atoms with Gasteiger partial charge in [-0.15, -0.1) is 0 Å². The highest BCUT2D eigenvalue weighted by Gasteiger charge is 2.38. The van der Waals surface area contributed by atoms with Gasteiger partial charge in [-0.2, -0.15) is 0 Å². The fraction of sp³-hybridized carbons (Fsp3) is 0.682. The van der Waals surface area contributed by atoms with E-state index in [0.717, 1.165) is 101 Å². The van der Waals surface area contributed by atoms with Gasteiger partial charge in [0.25, 0.3) is 0 Å². The van der Waals surface area contributed by atoms with Crippen molar-refractivity contribution in [3.05, 3.63) is 46.5 Å². The molecule has 4 rings (SSSR count). The molecule has 2 fully saturated rings. The maximum atomic E-state index is 13.8. The fourth-order valence-electron chi connectivity index (χ4n) is 9.05. The lowest BCUT2D eigenvalue weighted by Crippen LogP contribution is -2.30. The molecule has 0 bridgehead atoms. The van der Waals surface area contributed by atoms with Crippen LogP contribution in [0.4, 0.5) is 0 Å². The zero-order valence-electron chi connectivity index (χ0n) is 32.4. The van der Waals surface area contributed by atoms with Gasteiger partial charge in [0.2, 0.25) is 0 Å². The third-order valence-corrected chi connectivity index (χ3v) is 11.9. The van der Waals surface area contributed by atoms with E-state index in [4.69, 9.17) is 9.47 Å². The van der Waals surface area contributed by atoms with Gasteiger partial charge in [0.05, 0.1) is 0 Å². The SMILES string of the molecule is CCCCCc1cc(O)c([C@@H]2C[C@@H](C)CC[C@H]2C(C)C)c(OC(=O)C(=O)Oc2cc(CCCCC)cc(O)c2[C@@H]2C[C@@H](C)CC[C@H]2C(C)C)c1. The largest absolute Gasteiger partial charge is 0.508 e. The minimum atomic E-state index is -1.11.